The maximum absolute atomic E-state index is 12.9. The van der Waals surface area contributed by atoms with Crippen molar-refractivity contribution in [3.8, 4) is 0 Å². The first-order valence-corrected chi connectivity index (χ1v) is 7.70. The first kappa shape index (κ1) is 18.8. The van der Waals surface area contributed by atoms with Gasteiger partial charge >= 0.3 is 6.18 Å². The number of amidine groups is 1. The van der Waals surface area contributed by atoms with Crippen LogP contribution in [0.4, 0.5) is 13.2 Å². The normalized spacial score (nSPS) is 19.1. The molecular formula is C16H21F3N6. The molecular weight excluding hydrogens is 333 g/mol. The number of hydrazone groups is 1. The average Bonchev–Trinajstić information content (AvgIpc) is 3.12. The predicted molar refractivity (Wildman–Crippen MR) is 90.2 cm³/mol. The van der Waals surface area contributed by atoms with E-state index in [2.05, 4.69) is 27.3 Å². The number of hydrogen-bond donors (Lipinski definition) is 4. The van der Waals surface area contributed by atoms with Gasteiger partial charge in [0.05, 0.1) is 6.42 Å². The van der Waals surface area contributed by atoms with Gasteiger partial charge in [-0.25, -0.2) is 5.84 Å². The summed E-state index contributed by atoms with van der Waals surface area (Å²) in [6, 6.07) is 0. The number of rotatable bonds is 5. The van der Waals surface area contributed by atoms with Crippen LogP contribution < -0.4 is 17.1 Å². The molecule has 0 saturated heterocycles. The summed E-state index contributed by atoms with van der Waals surface area (Å²) < 4.78 is 38.6. The van der Waals surface area contributed by atoms with Crippen LogP contribution in [0.5, 0.6) is 0 Å². The van der Waals surface area contributed by atoms with Gasteiger partial charge in [0.25, 0.3) is 0 Å². The number of nitrogens with zero attached hydrogens (tertiary/aromatic N) is 2. The van der Waals surface area contributed by atoms with E-state index in [0.717, 1.165) is 11.3 Å². The molecule has 0 radical (unpaired) electrons. The van der Waals surface area contributed by atoms with Crippen molar-refractivity contribution in [3.63, 3.8) is 0 Å². The van der Waals surface area contributed by atoms with Crippen molar-refractivity contribution in [3.05, 3.63) is 52.9 Å². The van der Waals surface area contributed by atoms with E-state index < -0.39 is 12.6 Å². The first-order valence-electron chi connectivity index (χ1n) is 7.70. The van der Waals surface area contributed by atoms with Crippen molar-refractivity contribution in [2.75, 3.05) is 0 Å². The number of halogens is 3. The zero-order valence-corrected chi connectivity index (χ0v) is 13.8. The number of alkyl halides is 3. The van der Waals surface area contributed by atoms with E-state index in [9.17, 15) is 13.2 Å². The highest BCUT2D eigenvalue weighted by molar-refractivity contribution is 5.98. The SMILES string of the molecule is C=C/C(CC(F)(F)F)=C(\C=C/C)C1Cc2[nH]nc(/C(=N/N)NN)c2C1. The van der Waals surface area contributed by atoms with Crippen LogP contribution in [0, 0.1) is 5.92 Å². The molecule has 0 aliphatic heterocycles. The minimum atomic E-state index is -4.29. The Labute approximate surface area is 143 Å². The van der Waals surface area contributed by atoms with Gasteiger partial charge < -0.3 is 11.3 Å². The van der Waals surface area contributed by atoms with E-state index in [-0.39, 0.29) is 17.3 Å². The van der Waals surface area contributed by atoms with Gasteiger partial charge in [0, 0.05) is 11.3 Å². The number of H-pyrrole nitrogens is 1. The predicted octanol–water partition coefficient (Wildman–Crippen LogP) is 2.22. The summed E-state index contributed by atoms with van der Waals surface area (Å²) in [6.45, 7) is 5.33. The number of nitrogens with one attached hydrogen (secondary N) is 2. The molecule has 1 heterocycles. The molecule has 9 heteroatoms. The molecule has 0 fully saturated rings. The molecule has 6 nitrogen and oxygen atoms in total. The lowest BCUT2D eigenvalue weighted by molar-refractivity contribution is -0.126. The Morgan fingerprint density at radius 2 is 2.20 bits per heavy atom. The van der Waals surface area contributed by atoms with Crippen LogP contribution in [-0.4, -0.2) is 22.2 Å². The van der Waals surface area contributed by atoms with Gasteiger partial charge in [-0.15, -0.1) is 0 Å². The highest BCUT2D eigenvalue weighted by Crippen LogP contribution is 2.37. The van der Waals surface area contributed by atoms with Crippen molar-refractivity contribution in [1.82, 2.24) is 15.6 Å². The van der Waals surface area contributed by atoms with Crippen LogP contribution in [0.3, 0.4) is 0 Å². The number of hydrazine groups is 1. The summed E-state index contributed by atoms with van der Waals surface area (Å²) in [5, 5.41) is 10.6. The molecule has 0 spiro atoms. The number of hydrogen-bond acceptors (Lipinski definition) is 4. The van der Waals surface area contributed by atoms with Crippen molar-refractivity contribution in [1.29, 1.82) is 0 Å². The highest BCUT2D eigenvalue weighted by atomic mass is 19.4. The highest BCUT2D eigenvalue weighted by Gasteiger charge is 2.34. The van der Waals surface area contributed by atoms with Crippen LogP contribution in [0.2, 0.25) is 0 Å². The Hall–Kier alpha value is -2.55. The lowest BCUT2D eigenvalue weighted by Gasteiger charge is -2.17. The van der Waals surface area contributed by atoms with Crippen molar-refractivity contribution < 1.29 is 13.2 Å². The molecule has 6 N–H and O–H groups in total. The molecule has 1 aliphatic rings. The van der Waals surface area contributed by atoms with Crippen molar-refractivity contribution in [2.24, 2.45) is 22.7 Å². The number of fused-ring (bicyclic) bond motifs is 1. The third kappa shape index (κ3) is 4.11. The van der Waals surface area contributed by atoms with E-state index in [0.29, 0.717) is 24.1 Å². The summed E-state index contributed by atoms with van der Waals surface area (Å²) in [6.07, 6.45) is 0.477. The molecule has 1 atom stereocenters. The third-order valence-electron chi connectivity index (χ3n) is 4.14. The summed E-state index contributed by atoms with van der Waals surface area (Å²) in [5.74, 6) is 10.8. The summed E-state index contributed by atoms with van der Waals surface area (Å²) >= 11 is 0. The van der Waals surface area contributed by atoms with Crippen LogP contribution >= 0.6 is 0 Å². The largest absolute Gasteiger partial charge is 0.393 e. The second kappa shape index (κ2) is 7.56. The molecule has 0 saturated carbocycles. The Kier molecular flexibility index (Phi) is 5.68. The molecule has 136 valence electrons. The smallest absolute Gasteiger partial charge is 0.321 e. The molecule has 0 aromatic carbocycles. The molecule has 0 bridgehead atoms. The minimum absolute atomic E-state index is 0.119. The van der Waals surface area contributed by atoms with Gasteiger partial charge in [-0.3, -0.25) is 5.10 Å². The average molecular weight is 354 g/mol. The van der Waals surface area contributed by atoms with Gasteiger partial charge in [-0.05, 0) is 36.8 Å². The van der Waals surface area contributed by atoms with Gasteiger partial charge in [0.1, 0.15) is 5.69 Å². The van der Waals surface area contributed by atoms with Gasteiger partial charge in [0.2, 0.25) is 0 Å². The number of nitrogens with two attached hydrogens (primary N) is 2. The monoisotopic (exact) mass is 354 g/mol. The summed E-state index contributed by atoms with van der Waals surface area (Å²) in [7, 11) is 0. The zero-order chi connectivity index (χ0) is 18.6. The molecule has 1 unspecified atom stereocenters. The van der Waals surface area contributed by atoms with Gasteiger partial charge in [-0.1, -0.05) is 24.8 Å². The lowest BCUT2D eigenvalue weighted by atomic mass is 9.89. The maximum Gasteiger partial charge on any atom is 0.393 e. The molecule has 1 aromatic heterocycles. The zero-order valence-electron chi connectivity index (χ0n) is 13.8. The Balaban J connectivity index is 2.38. The summed E-state index contributed by atoms with van der Waals surface area (Å²) in [4.78, 5) is 0. The number of aromatic amines is 1. The van der Waals surface area contributed by atoms with Gasteiger partial charge in [0.15, 0.2) is 5.84 Å². The van der Waals surface area contributed by atoms with Crippen LogP contribution in [0.1, 0.15) is 30.3 Å². The van der Waals surface area contributed by atoms with E-state index in [4.69, 9.17) is 11.7 Å². The van der Waals surface area contributed by atoms with Crippen LogP contribution in [0.25, 0.3) is 0 Å². The van der Waals surface area contributed by atoms with E-state index in [1.54, 1.807) is 19.1 Å². The second-order valence-corrected chi connectivity index (χ2v) is 5.73. The number of allylic oxidation sites excluding steroid dienone is 5. The fourth-order valence-corrected chi connectivity index (χ4v) is 3.13. The first-order chi connectivity index (χ1) is 11.8. The van der Waals surface area contributed by atoms with E-state index >= 15 is 0 Å². The minimum Gasteiger partial charge on any atom is -0.321 e. The quantitative estimate of drug-likeness (QED) is 0.214. The van der Waals surface area contributed by atoms with Gasteiger partial charge in [-0.2, -0.15) is 23.4 Å². The van der Waals surface area contributed by atoms with E-state index in [1.165, 1.54) is 6.08 Å². The Bertz CT molecular complexity index is 727. The molecule has 2 rings (SSSR count). The fraction of sp³-hybridized carbons (Fsp3) is 0.375. The fourth-order valence-electron chi connectivity index (χ4n) is 3.13. The summed E-state index contributed by atoms with van der Waals surface area (Å²) in [5.41, 5.74) is 5.35. The van der Waals surface area contributed by atoms with Crippen molar-refractivity contribution in [2.45, 2.75) is 32.4 Å². The standard InChI is InChI=1S/C16H21F3N6/c1-3-5-11(9(4-2)8-16(17,18)19)10-6-12-13(7-10)24-25-14(12)15(22-20)23-21/h3-5,10H,2,6-8,20-21H2,1H3,(H,22,23)(H,24,25)/b5-3-,11-9-. The molecule has 1 aromatic rings. The maximum atomic E-state index is 12.9. The Morgan fingerprint density at radius 1 is 1.48 bits per heavy atom. The third-order valence-corrected chi connectivity index (χ3v) is 4.14. The topological polar surface area (TPSA) is 105 Å². The Morgan fingerprint density at radius 3 is 2.72 bits per heavy atom. The van der Waals surface area contributed by atoms with E-state index in [1.807, 2.05) is 0 Å². The molecule has 25 heavy (non-hydrogen) atoms. The molecule has 1 aliphatic carbocycles. The second-order valence-electron chi connectivity index (χ2n) is 5.73. The number of aromatic nitrogens is 2. The van der Waals surface area contributed by atoms with Crippen molar-refractivity contribution >= 4 is 5.84 Å². The van der Waals surface area contributed by atoms with Crippen LogP contribution in [0.15, 0.2) is 41.1 Å². The molecule has 0 amide bonds. The lowest BCUT2D eigenvalue weighted by Crippen LogP contribution is -2.33. The van der Waals surface area contributed by atoms with Crippen LogP contribution in [-0.2, 0) is 12.8 Å².